The minimum absolute atomic E-state index is 0.108. The van der Waals surface area contributed by atoms with E-state index in [-0.39, 0.29) is 108 Å². The molecule has 2 heterocycles. The van der Waals surface area contributed by atoms with Crippen LogP contribution < -0.4 is 0 Å². The molecule has 0 aromatic heterocycles. The minimum atomic E-state index is -0.624. The van der Waals surface area contributed by atoms with Crippen molar-refractivity contribution in [3.8, 4) is 0 Å². The quantitative estimate of drug-likeness (QED) is 0.0318. The summed E-state index contributed by atoms with van der Waals surface area (Å²) in [6.07, 6.45) is 24.8. The number of likely N-dealkylation sites (tertiary alicyclic amines) is 2. The van der Waals surface area contributed by atoms with Gasteiger partial charge in [0.1, 0.15) is 19.3 Å². The summed E-state index contributed by atoms with van der Waals surface area (Å²) in [5, 5.41) is 0. The van der Waals surface area contributed by atoms with Gasteiger partial charge >= 0.3 is 41.9 Å². The standard InChI is InChI=1S/C56H98N2O14/c1-6-10-14-18-22-26-30-50(59)66-39-45(40-67-51(60)31-27-23-19-15-11-7-2)34-54(63)70-43-47-36-48(58(47)56(65)72-49-37-57(5)38-49)44-71-55(64)35-46(41-68-52(61)32-28-24-20-16-12-8-3)42-69-53(62)33-29-25-21-17-13-9-4/h45-49H,6-44H2,1-5H3/t47-,48+. The van der Waals surface area contributed by atoms with Gasteiger partial charge in [0.25, 0.3) is 0 Å². The fourth-order valence-corrected chi connectivity index (χ4v) is 8.85. The number of rotatable bonds is 45. The number of carbonyl (C=O) groups is 7. The Morgan fingerprint density at radius 1 is 0.403 bits per heavy atom. The molecule has 2 atom stereocenters. The van der Waals surface area contributed by atoms with Crippen LogP contribution in [0.3, 0.4) is 0 Å². The fourth-order valence-electron chi connectivity index (χ4n) is 8.85. The van der Waals surface area contributed by atoms with E-state index in [4.69, 9.17) is 33.2 Å². The molecule has 416 valence electrons. The van der Waals surface area contributed by atoms with Crippen LogP contribution in [0.15, 0.2) is 0 Å². The average molecular weight is 1020 g/mol. The van der Waals surface area contributed by atoms with Crippen molar-refractivity contribution in [3.05, 3.63) is 0 Å². The number of carbonyl (C=O) groups excluding carboxylic acids is 7. The third kappa shape index (κ3) is 31.6. The summed E-state index contributed by atoms with van der Waals surface area (Å²) in [4.78, 5) is 94.3. The zero-order chi connectivity index (χ0) is 52.6. The Balaban J connectivity index is 2.01. The first-order valence-electron chi connectivity index (χ1n) is 28.5. The highest BCUT2D eigenvalue weighted by Crippen LogP contribution is 2.29. The molecule has 0 unspecified atom stereocenters. The smallest absolute Gasteiger partial charge is 0.410 e. The van der Waals surface area contributed by atoms with Crippen molar-refractivity contribution in [1.29, 1.82) is 0 Å². The highest BCUT2D eigenvalue weighted by Gasteiger charge is 2.45. The molecule has 2 fully saturated rings. The summed E-state index contributed by atoms with van der Waals surface area (Å²) >= 11 is 0. The van der Waals surface area contributed by atoms with Crippen LogP contribution in [-0.4, -0.2) is 130 Å². The summed E-state index contributed by atoms with van der Waals surface area (Å²) in [6, 6.07) is -1.12. The van der Waals surface area contributed by atoms with Crippen LogP contribution in [0.25, 0.3) is 0 Å². The zero-order valence-electron chi connectivity index (χ0n) is 45.6. The van der Waals surface area contributed by atoms with Gasteiger partial charge in [-0.15, -0.1) is 0 Å². The normalized spacial score (nSPS) is 15.7. The monoisotopic (exact) mass is 1020 g/mol. The van der Waals surface area contributed by atoms with Crippen LogP contribution >= 0.6 is 0 Å². The molecule has 0 radical (unpaired) electrons. The number of nitrogens with zero attached hydrogens (tertiary/aromatic N) is 2. The molecule has 0 saturated carbocycles. The highest BCUT2D eigenvalue weighted by molar-refractivity contribution is 5.73. The van der Waals surface area contributed by atoms with E-state index < -0.39 is 42.0 Å². The molecule has 2 aliphatic heterocycles. The molecule has 0 aromatic rings. The van der Waals surface area contributed by atoms with E-state index in [0.29, 0.717) is 45.2 Å². The number of unbranched alkanes of at least 4 members (excludes halogenated alkanes) is 20. The first-order chi connectivity index (χ1) is 34.9. The van der Waals surface area contributed by atoms with E-state index in [1.54, 1.807) is 0 Å². The van der Waals surface area contributed by atoms with E-state index in [2.05, 4.69) is 27.7 Å². The van der Waals surface area contributed by atoms with Crippen molar-refractivity contribution in [2.45, 2.75) is 245 Å². The molecule has 1 amide bonds. The van der Waals surface area contributed by atoms with Crippen LogP contribution in [-0.2, 0) is 61.9 Å². The molecule has 0 spiro atoms. The first kappa shape index (κ1) is 64.2. The Morgan fingerprint density at radius 3 is 0.986 bits per heavy atom. The second-order valence-electron chi connectivity index (χ2n) is 20.5. The first-order valence-corrected chi connectivity index (χ1v) is 28.5. The van der Waals surface area contributed by atoms with Crippen LogP contribution in [0.2, 0.25) is 0 Å². The molecule has 2 aliphatic rings. The predicted octanol–water partition coefficient (Wildman–Crippen LogP) is 11.2. The van der Waals surface area contributed by atoms with Gasteiger partial charge in [0.05, 0.1) is 51.4 Å². The molecule has 0 N–H and O–H groups in total. The lowest BCUT2D eigenvalue weighted by atomic mass is 9.94. The third-order valence-electron chi connectivity index (χ3n) is 13.5. The Hall–Kier alpha value is -3.95. The summed E-state index contributed by atoms with van der Waals surface area (Å²) < 4.78 is 39.4. The van der Waals surface area contributed by atoms with Gasteiger partial charge in [0, 0.05) is 50.6 Å². The Labute approximate surface area is 433 Å². The van der Waals surface area contributed by atoms with Gasteiger partial charge in [-0.1, -0.05) is 156 Å². The number of amides is 1. The summed E-state index contributed by atoms with van der Waals surface area (Å²) in [7, 11) is 1.92. The van der Waals surface area contributed by atoms with Crippen LogP contribution in [0, 0.1) is 11.8 Å². The lowest BCUT2D eigenvalue weighted by Gasteiger charge is -2.48. The van der Waals surface area contributed by atoms with E-state index >= 15 is 0 Å². The van der Waals surface area contributed by atoms with Crippen molar-refractivity contribution >= 4 is 41.9 Å². The number of likely N-dealkylation sites (N-methyl/N-ethyl adjacent to an activating group) is 1. The van der Waals surface area contributed by atoms with Crippen LogP contribution in [0.4, 0.5) is 4.79 Å². The van der Waals surface area contributed by atoms with Gasteiger partial charge in [0.15, 0.2) is 0 Å². The minimum Gasteiger partial charge on any atom is -0.465 e. The Bertz CT molecular complexity index is 1350. The zero-order valence-corrected chi connectivity index (χ0v) is 45.6. The second kappa shape index (κ2) is 41.4. The Kier molecular flexibility index (Phi) is 36.9. The molecule has 0 bridgehead atoms. The maximum absolute atomic E-state index is 13.6. The van der Waals surface area contributed by atoms with Gasteiger partial charge in [-0.25, -0.2) is 4.79 Å². The van der Waals surface area contributed by atoms with E-state index in [1.165, 1.54) is 30.6 Å². The molecular weight excluding hydrogens is 925 g/mol. The largest absolute Gasteiger partial charge is 0.465 e. The molecule has 72 heavy (non-hydrogen) atoms. The lowest BCUT2D eigenvalue weighted by Crippen LogP contribution is -2.64. The van der Waals surface area contributed by atoms with Crippen molar-refractivity contribution in [3.63, 3.8) is 0 Å². The summed E-state index contributed by atoms with van der Waals surface area (Å²) in [6.45, 7) is 9.03. The second-order valence-corrected chi connectivity index (χ2v) is 20.5. The molecule has 16 heteroatoms. The van der Waals surface area contributed by atoms with Gasteiger partial charge in [-0.05, 0) is 39.2 Å². The number of hydrogen-bond acceptors (Lipinski definition) is 15. The topological polar surface area (TPSA) is 191 Å². The average Bonchev–Trinajstić information content (AvgIpc) is 3.33. The predicted molar refractivity (Wildman–Crippen MR) is 276 cm³/mol. The molecule has 2 saturated heterocycles. The number of hydrogen-bond donors (Lipinski definition) is 0. The fraction of sp³-hybridized carbons (Fsp3) is 0.875. The van der Waals surface area contributed by atoms with E-state index in [1.807, 2.05) is 11.9 Å². The SMILES string of the molecule is CCCCCCCCC(=O)OCC(COC(=O)CCCCCCCC)CC(=O)OC[C@@H]1C[C@H](COC(=O)CC(COC(=O)CCCCCCCC)COC(=O)CCCCCCCC)N1C(=O)OC1CN(C)C1. The Morgan fingerprint density at radius 2 is 0.694 bits per heavy atom. The van der Waals surface area contributed by atoms with Gasteiger partial charge in [-0.3, -0.25) is 38.6 Å². The summed E-state index contributed by atoms with van der Waals surface area (Å²) in [5.74, 6) is -3.91. The summed E-state index contributed by atoms with van der Waals surface area (Å²) in [5.41, 5.74) is 0. The van der Waals surface area contributed by atoms with Gasteiger partial charge in [-0.2, -0.15) is 0 Å². The van der Waals surface area contributed by atoms with Crippen LogP contribution in [0.1, 0.15) is 227 Å². The molecule has 16 nitrogen and oxygen atoms in total. The molecule has 2 rings (SSSR count). The van der Waals surface area contributed by atoms with E-state index in [0.717, 1.165) is 103 Å². The van der Waals surface area contributed by atoms with Crippen molar-refractivity contribution in [2.75, 3.05) is 59.8 Å². The number of ether oxygens (including phenoxy) is 7. The third-order valence-corrected chi connectivity index (χ3v) is 13.5. The van der Waals surface area contributed by atoms with Gasteiger partial charge < -0.3 is 33.2 Å². The lowest BCUT2D eigenvalue weighted by molar-refractivity contribution is -0.160. The van der Waals surface area contributed by atoms with E-state index in [9.17, 15) is 33.6 Å². The molecular formula is C56H98N2O14. The van der Waals surface area contributed by atoms with Crippen molar-refractivity contribution < 1.29 is 66.7 Å². The molecule has 0 aromatic carbocycles. The maximum Gasteiger partial charge on any atom is 0.410 e. The maximum atomic E-state index is 13.6. The van der Waals surface area contributed by atoms with Crippen LogP contribution in [0.5, 0.6) is 0 Å². The van der Waals surface area contributed by atoms with Gasteiger partial charge in [0.2, 0.25) is 0 Å². The molecule has 0 aliphatic carbocycles. The number of esters is 6. The van der Waals surface area contributed by atoms with Crippen molar-refractivity contribution in [1.82, 2.24) is 9.80 Å². The van der Waals surface area contributed by atoms with Crippen molar-refractivity contribution in [2.24, 2.45) is 11.8 Å². The highest BCUT2D eigenvalue weighted by atomic mass is 16.6.